The van der Waals surface area contributed by atoms with E-state index in [2.05, 4.69) is 43.4 Å². The maximum absolute atomic E-state index is 12.9. The third kappa shape index (κ3) is 4.33. The van der Waals surface area contributed by atoms with Crippen LogP contribution in [0.4, 0.5) is 10.5 Å². The van der Waals surface area contributed by atoms with E-state index in [1.54, 1.807) is 44.2 Å². The van der Waals surface area contributed by atoms with E-state index in [1.165, 1.54) is 5.56 Å². The molecule has 1 atom stereocenters. The molecule has 1 N–H and O–H groups in total. The zero-order valence-electron chi connectivity index (χ0n) is 16.2. The van der Waals surface area contributed by atoms with Crippen molar-refractivity contribution in [2.45, 2.75) is 25.1 Å². The molecule has 27 heavy (non-hydrogen) atoms. The highest BCUT2D eigenvalue weighted by atomic mass is 32.2. The zero-order valence-corrected chi connectivity index (χ0v) is 17.0. The fourth-order valence-corrected chi connectivity index (χ4v) is 4.34. The van der Waals surface area contributed by atoms with Crippen LogP contribution < -0.4 is 14.8 Å². The van der Waals surface area contributed by atoms with Crippen LogP contribution in [0.25, 0.3) is 0 Å². The molecule has 6 heteroatoms. The van der Waals surface area contributed by atoms with Gasteiger partial charge >= 0.3 is 6.03 Å². The van der Waals surface area contributed by atoms with Crippen molar-refractivity contribution in [2.24, 2.45) is 0 Å². The predicted octanol–water partition coefficient (Wildman–Crippen LogP) is 5.11. The van der Waals surface area contributed by atoms with Gasteiger partial charge in [0, 0.05) is 18.4 Å². The van der Waals surface area contributed by atoms with Crippen molar-refractivity contribution in [1.29, 1.82) is 0 Å². The van der Waals surface area contributed by atoms with Gasteiger partial charge in [-0.1, -0.05) is 38.1 Å². The lowest BCUT2D eigenvalue weighted by molar-refractivity contribution is 0.214. The third-order valence-electron chi connectivity index (χ3n) is 4.69. The molecule has 1 heterocycles. The van der Waals surface area contributed by atoms with Gasteiger partial charge in [-0.3, -0.25) is 0 Å². The summed E-state index contributed by atoms with van der Waals surface area (Å²) in [6, 6.07) is 13.8. The number of methoxy groups -OCH3 is 2. The van der Waals surface area contributed by atoms with E-state index in [9.17, 15) is 4.79 Å². The van der Waals surface area contributed by atoms with E-state index < -0.39 is 0 Å². The summed E-state index contributed by atoms with van der Waals surface area (Å²) >= 11 is 1.79. The van der Waals surface area contributed by atoms with Crippen molar-refractivity contribution in [2.75, 3.05) is 31.8 Å². The number of carbonyl (C=O) groups excluding carboxylic acids is 1. The lowest BCUT2D eigenvalue weighted by atomic mass is 10.0. The van der Waals surface area contributed by atoms with E-state index >= 15 is 0 Å². The van der Waals surface area contributed by atoms with Crippen LogP contribution in [0, 0.1) is 0 Å². The number of nitrogens with zero attached hydrogens (tertiary/aromatic N) is 1. The Kier molecular flexibility index (Phi) is 6.16. The van der Waals surface area contributed by atoms with Crippen LogP contribution in [0.1, 0.15) is 36.3 Å². The van der Waals surface area contributed by atoms with Gasteiger partial charge in [0.1, 0.15) is 16.9 Å². The maximum atomic E-state index is 12.9. The number of anilines is 1. The summed E-state index contributed by atoms with van der Waals surface area (Å²) in [4.78, 5) is 14.8. The molecule has 144 valence electrons. The molecule has 5 nitrogen and oxygen atoms in total. The highest BCUT2D eigenvalue weighted by Crippen LogP contribution is 2.39. The van der Waals surface area contributed by atoms with Crippen molar-refractivity contribution in [3.8, 4) is 11.5 Å². The highest BCUT2D eigenvalue weighted by molar-refractivity contribution is 7.99. The first-order chi connectivity index (χ1) is 13.0. The Bertz CT molecular complexity index is 793. The number of hydrogen-bond donors (Lipinski definition) is 1. The normalized spacial score (nSPS) is 16.5. The average Bonchev–Trinajstić information content (AvgIpc) is 3.18. The Balaban J connectivity index is 1.76. The Labute approximate surface area is 165 Å². The molecular formula is C21H26N2O3S. The van der Waals surface area contributed by atoms with Crippen molar-refractivity contribution < 1.29 is 14.3 Å². The van der Waals surface area contributed by atoms with Crippen LogP contribution in [0.2, 0.25) is 0 Å². The molecular weight excluding hydrogens is 360 g/mol. The molecule has 0 unspecified atom stereocenters. The van der Waals surface area contributed by atoms with Gasteiger partial charge in [0.15, 0.2) is 0 Å². The number of carbonyl (C=O) groups is 1. The van der Waals surface area contributed by atoms with E-state index in [1.807, 2.05) is 4.90 Å². The molecule has 1 saturated heterocycles. The van der Waals surface area contributed by atoms with Crippen LogP contribution >= 0.6 is 11.8 Å². The maximum Gasteiger partial charge on any atom is 0.323 e. The number of hydrogen-bond acceptors (Lipinski definition) is 4. The average molecular weight is 387 g/mol. The molecule has 2 amide bonds. The summed E-state index contributed by atoms with van der Waals surface area (Å²) in [6.45, 7) is 5.08. The molecule has 3 rings (SSSR count). The number of rotatable bonds is 5. The molecule has 0 saturated carbocycles. The summed E-state index contributed by atoms with van der Waals surface area (Å²) in [6.07, 6.45) is 0. The zero-order chi connectivity index (χ0) is 19.4. The smallest absolute Gasteiger partial charge is 0.323 e. The minimum Gasteiger partial charge on any atom is -0.497 e. The van der Waals surface area contributed by atoms with Gasteiger partial charge in [0.05, 0.1) is 19.9 Å². The van der Waals surface area contributed by atoms with Crippen molar-refractivity contribution >= 4 is 23.5 Å². The van der Waals surface area contributed by atoms with Crippen LogP contribution in [0.5, 0.6) is 11.5 Å². The molecule has 2 aromatic rings. The predicted molar refractivity (Wildman–Crippen MR) is 111 cm³/mol. The summed E-state index contributed by atoms with van der Waals surface area (Å²) in [5.74, 6) is 2.68. The fourth-order valence-electron chi connectivity index (χ4n) is 3.09. The van der Waals surface area contributed by atoms with E-state index in [4.69, 9.17) is 9.47 Å². The van der Waals surface area contributed by atoms with Gasteiger partial charge < -0.3 is 19.7 Å². The SMILES string of the molecule is COc1ccc(NC(=O)N2CCS[C@@H]2c2ccc(C(C)C)cc2)c(OC)c1. The Morgan fingerprint density at radius 3 is 2.52 bits per heavy atom. The quantitative estimate of drug-likeness (QED) is 0.776. The number of amides is 2. The monoisotopic (exact) mass is 386 g/mol. The van der Waals surface area contributed by atoms with E-state index in [-0.39, 0.29) is 11.4 Å². The molecule has 1 fully saturated rings. The molecule has 0 aliphatic carbocycles. The second-order valence-corrected chi connectivity index (χ2v) is 7.92. The van der Waals surface area contributed by atoms with Crippen molar-refractivity contribution in [1.82, 2.24) is 4.90 Å². The van der Waals surface area contributed by atoms with Gasteiger partial charge in [-0.25, -0.2) is 4.79 Å². The summed E-state index contributed by atoms with van der Waals surface area (Å²) in [5, 5.41) is 3.00. The molecule has 1 aliphatic rings. The lowest BCUT2D eigenvalue weighted by Crippen LogP contribution is -2.34. The molecule has 0 spiro atoms. The molecule has 2 aromatic carbocycles. The fraction of sp³-hybridized carbons (Fsp3) is 0.381. The number of nitrogens with one attached hydrogen (secondary N) is 1. The second kappa shape index (κ2) is 8.57. The molecule has 1 aliphatic heterocycles. The standard InChI is InChI=1S/C21H26N2O3S/c1-14(2)15-5-7-16(8-6-15)20-23(11-12-27-20)21(24)22-18-10-9-17(25-3)13-19(18)26-4/h5-10,13-14,20H,11-12H2,1-4H3,(H,22,24)/t20-/m1/s1. The van der Waals surface area contributed by atoms with Crippen molar-refractivity contribution in [3.63, 3.8) is 0 Å². The summed E-state index contributed by atoms with van der Waals surface area (Å²) in [5.41, 5.74) is 3.09. The van der Waals surface area contributed by atoms with Gasteiger partial charge in [-0.2, -0.15) is 0 Å². The second-order valence-electron chi connectivity index (χ2n) is 6.73. The Morgan fingerprint density at radius 1 is 1.15 bits per heavy atom. The minimum absolute atomic E-state index is 0.0236. The molecule has 0 aromatic heterocycles. The van der Waals surface area contributed by atoms with Crippen LogP contribution in [-0.2, 0) is 0 Å². The van der Waals surface area contributed by atoms with Crippen molar-refractivity contribution in [3.05, 3.63) is 53.6 Å². The first kappa shape index (κ1) is 19.4. The van der Waals surface area contributed by atoms with Gasteiger partial charge in [-0.15, -0.1) is 11.8 Å². The molecule has 0 radical (unpaired) electrons. The van der Waals surface area contributed by atoms with Crippen LogP contribution in [-0.4, -0.2) is 37.4 Å². The molecule has 0 bridgehead atoms. The van der Waals surface area contributed by atoms with Crippen LogP contribution in [0.15, 0.2) is 42.5 Å². The van der Waals surface area contributed by atoms with E-state index in [0.29, 0.717) is 29.6 Å². The topological polar surface area (TPSA) is 50.8 Å². The van der Waals surface area contributed by atoms with Gasteiger partial charge in [0.2, 0.25) is 0 Å². The Morgan fingerprint density at radius 2 is 1.89 bits per heavy atom. The minimum atomic E-state index is -0.124. The summed E-state index contributed by atoms with van der Waals surface area (Å²) < 4.78 is 10.6. The lowest BCUT2D eigenvalue weighted by Gasteiger charge is -2.25. The third-order valence-corrected chi connectivity index (χ3v) is 5.95. The number of thioether (sulfide) groups is 1. The largest absolute Gasteiger partial charge is 0.497 e. The first-order valence-electron chi connectivity index (χ1n) is 9.04. The number of urea groups is 1. The van der Waals surface area contributed by atoms with Gasteiger partial charge in [-0.05, 0) is 29.2 Å². The van der Waals surface area contributed by atoms with E-state index in [0.717, 1.165) is 11.3 Å². The van der Waals surface area contributed by atoms with Gasteiger partial charge in [0.25, 0.3) is 0 Å². The number of benzene rings is 2. The highest BCUT2D eigenvalue weighted by Gasteiger charge is 2.31. The summed E-state index contributed by atoms with van der Waals surface area (Å²) in [7, 11) is 3.18. The first-order valence-corrected chi connectivity index (χ1v) is 10.1. The van der Waals surface area contributed by atoms with Crippen LogP contribution in [0.3, 0.4) is 0 Å². The Hall–Kier alpha value is -2.34. The number of ether oxygens (including phenoxy) is 2.